The van der Waals surface area contributed by atoms with E-state index < -0.39 is 23.2 Å². The smallest absolute Gasteiger partial charge is 0.430 e. The third-order valence-corrected chi connectivity index (χ3v) is 7.27. The van der Waals surface area contributed by atoms with Crippen LogP contribution < -0.4 is 9.47 Å². The molecule has 214 valence electrons. The van der Waals surface area contributed by atoms with Crippen LogP contribution in [0.2, 0.25) is 5.02 Å². The molecule has 11 heteroatoms. The van der Waals surface area contributed by atoms with Gasteiger partial charge in [0.25, 0.3) is 17.4 Å². The topological polar surface area (TPSA) is 79.3 Å². The number of unbranched alkanes of at least 4 members (excludes halogenated alkanes) is 1. The number of aliphatic hydroxyl groups is 1. The van der Waals surface area contributed by atoms with Crippen molar-refractivity contribution in [3.63, 3.8) is 0 Å². The van der Waals surface area contributed by atoms with E-state index in [0.29, 0.717) is 35.8 Å². The van der Waals surface area contributed by atoms with E-state index in [2.05, 4.69) is 0 Å². The molecule has 0 saturated carbocycles. The van der Waals surface area contributed by atoms with Gasteiger partial charge in [-0.2, -0.15) is 13.2 Å². The highest BCUT2D eigenvalue weighted by Gasteiger charge is 2.62. The zero-order valence-corrected chi connectivity index (χ0v) is 23.0. The van der Waals surface area contributed by atoms with E-state index in [1.165, 1.54) is 24.1 Å². The van der Waals surface area contributed by atoms with Gasteiger partial charge in [-0.25, -0.2) is 0 Å². The molecule has 39 heavy (non-hydrogen) atoms. The van der Waals surface area contributed by atoms with Gasteiger partial charge in [-0.15, -0.1) is 0 Å². The summed E-state index contributed by atoms with van der Waals surface area (Å²) in [5, 5.41) is 11.0. The van der Waals surface area contributed by atoms with Crippen molar-refractivity contribution in [2.24, 2.45) is 5.92 Å². The lowest BCUT2D eigenvalue weighted by molar-refractivity contribution is -0.262. The number of carbonyl (C=O) groups is 2. The number of ether oxygens (including phenoxy) is 2. The van der Waals surface area contributed by atoms with E-state index in [1.54, 1.807) is 32.3 Å². The number of methoxy groups -OCH3 is 1. The molecule has 1 aliphatic rings. The van der Waals surface area contributed by atoms with Crippen molar-refractivity contribution in [3.8, 4) is 11.5 Å². The number of halogens is 4. The predicted molar refractivity (Wildman–Crippen MR) is 141 cm³/mol. The minimum absolute atomic E-state index is 0.116. The fraction of sp³-hybridized carbons (Fsp3) is 0.500. The van der Waals surface area contributed by atoms with Crippen LogP contribution in [0.4, 0.5) is 13.2 Å². The van der Waals surface area contributed by atoms with Crippen LogP contribution in [0.15, 0.2) is 42.5 Å². The Balaban J connectivity index is 1.47. The summed E-state index contributed by atoms with van der Waals surface area (Å²) in [5.74, 6) is -0.620. The average Bonchev–Trinajstić information content (AvgIpc) is 2.91. The molecule has 1 heterocycles. The molecule has 7 nitrogen and oxygen atoms in total. The summed E-state index contributed by atoms with van der Waals surface area (Å²) in [7, 11) is 4.60. The second kappa shape index (κ2) is 12.9. The Morgan fingerprint density at radius 1 is 1.08 bits per heavy atom. The third kappa shape index (κ3) is 7.16. The van der Waals surface area contributed by atoms with Crippen molar-refractivity contribution in [3.05, 3.63) is 58.6 Å². The van der Waals surface area contributed by atoms with Gasteiger partial charge in [0, 0.05) is 32.7 Å². The second-order valence-corrected chi connectivity index (χ2v) is 10.3. The summed E-state index contributed by atoms with van der Waals surface area (Å²) < 4.78 is 52.7. The number of piperidine rings is 1. The van der Waals surface area contributed by atoms with E-state index >= 15 is 0 Å². The molecule has 1 N–H and O–H groups in total. The van der Waals surface area contributed by atoms with Crippen molar-refractivity contribution in [2.75, 3.05) is 40.9 Å². The summed E-state index contributed by atoms with van der Waals surface area (Å²) >= 11 is 6.21. The number of rotatable bonds is 10. The molecule has 0 spiro atoms. The molecule has 1 atom stereocenters. The van der Waals surface area contributed by atoms with Crippen LogP contribution in [0.3, 0.4) is 0 Å². The Hall–Kier alpha value is -2.98. The van der Waals surface area contributed by atoms with Crippen LogP contribution in [-0.2, 0) is 10.4 Å². The molecule has 0 radical (unpaired) electrons. The summed E-state index contributed by atoms with van der Waals surface area (Å²) in [6.45, 7) is 0.728. The van der Waals surface area contributed by atoms with E-state index in [1.807, 2.05) is 0 Å². The Morgan fingerprint density at radius 3 is 2.36 bits per heavy atom. The minimum Gasteiger partial charge on any atom is -0.497 e. The van der Waals surface area contributed by atoms with Crippen molar-refractivity contribution >= 4 is 23.4 Å². The van der Waals surface area contributed by atoms with Gasteiger partial charge in [0.1, 0.15) is 11.5 Å². The van der Waals surface area contributed by atoms with Gasteiger partial charge in [-0.05, 0) is 61.9 Å². The molecule has 0 aliphatic carbocycles. The predicted octanol–water partition coefficient (Wildman–Crippen LogP) is 5.29. The maximum absolute atomic E-state index is 14.0. The first kappa shape index (κ1) is 30.6. The molecule has 0 bridgehead atoms. The van der Waals surface area contributed by atoms with Gasteiger partial charge in [0.15, 0.2) is 0 Å². The molecular formula is C28H34ClF3N2O5. The minimum atomic E-state index is -5.19. The van der Waals surface area contributed by atoms with Crippen molar-refractivity contribution < 1.29 is 37.3 Å². The highest BCUT2D eigenvalue weighted by atomic mass is 35.5. The lowest BCUT2D eigenvalue weighted by Crippen LogP contribution is -2.57. The van der Waals surface area contributed by atoms with Gasteiger partial charge in [-0.3, -0.25) is 9.59 Å². The highest BCUT2D eigenvalue weighted by molar-refractivity contribution is 6.34. The molecule has 1 aliphatic heterocycles. The summed E-state index contributed by atoms with van der Waals surface area (Å²) in [5.41, 5.74) is -3.82. The number of benzene rings is 2. The Morgan fingerprint density at radius 2 is 1.77 bits per heavy atom. The van der Waals surface area contributed by atoms with Crippen LogP contribution in [0.5, 0.6) is 11.5 Å². The fourth-order valence-corrected chi connectivity index (χ4v) is 4.89. The number of hydrogen-bond acceptors (Lipinski definition) is 5. The van der Waals surface area contributed by atoms with Crippen LogP contribution in [0, 0.1) is 5.92 Å². The first-order valence-electron chi connectivity index (χ1n) is 12.8. The Bertz CT molecular complexity index is 1150. The van der Waals surface area contributed by atoms with E-state index in [4.69, 9.17) is 21.1 Å². The summed E-state index contributed by atoms with van der Waals surface area (Å²) in [6.07, 6.45) is -1.63. The van der Waals surface area contributed by atoms with Crippen molar-refractivity contribution in [1.82, 2.24) is 9.80 Å². The van der Waals surface area contributed by atoms with Crippen LogP contribution >= 0.6 is 11.6 Å². The second-order valence-electron chi connectivity index (χ2n) is 9.86. The number of amides is 2. The number of hydrogen-bond donors (Lipinski definition) is 1. The largest absolute Gasteiger partial charge is 0.497 e. The Kier molecular flexibility index (Phi) is 10.1. The molecule has 2 aromatic rings. The molecule has 1 saturated heterocycles. The lowest BCUT2D eigenvalue weighted by atomic mass is 9.87. The van der Waals surface area contributed by atoms with Crippen LogP contribution in [0.25, 0.3) is 0 Å². The zero-order chi connectivity index (χ0) is 28.8. The van der Waals surface area contributed by atoms with E-state index in [9.17, 15) is 27.9 Å². The van der Waals surface area contributed by atoms with E-state index in [-0.39, 0.29) is 30.7 Å². The standard InChI is InChI=1S/C28H34ClF3N2O5/c1-33(2)25(35)23-11-10-22(18-24(23)29)39-16-5-4-7-19-12-14-34(15-13-19)26(36)27(37,28(30,31)32)20-8-6-9-21(17-20)38-3/h6,8-11,17-19,37H,4-5,7,12-16H2,1-3H3. The van der Waals surface area contributed by atoms with Crippen LogP contribution in [0.1, 0.15) is 48.0 Å². The SMILES string of the molecule is COc1cccc(C(O)(C(=O)N2CCC(CCCCOc3ccc(C(=O)N(C)C)c(Cl)c3)CC2)C(F)(F)F)c1. The molecule has 1 unspecified atom stereocenters. The first-order valence-corrected chi connectivity index (χ1v) is 13.1. The average molecular weight is 571 g/mol. The van der Waals surface area contributed by atoms with Crippen molar-refractivity contribution in [2.45, 2.75) is 43.9 Å². The Labute approximate surface area is 231 Å². The maximum atomic E-state index is 14.0. The first-order chi connectivity index (χ1) is 18.4. The fourth-order valence-electron chi connectivity index (χ4n) is 4.64. The summed E-state index contributed by atoms with van der Waals surface area (Å²) in [4.78, 5) is 27.6. The van der Waals surface area contributed by atoms with E-state index in [0.717, 1.165) is 36.3 Å². The molecule has 3 rings (SSSR count). The highest BCUT2D eigenvalue weighted by Crippen LogP contribution is 2.42. The maximum Gasteiger partial charge on any atom is 0.430 e. The monoisotopic (exact) mass is 570 g/mol. The summed E-state index contributed by atoms with van der Waals surface area (Å²) in [6, 6.07) is 9.80. The van der Waals surface area contributed by atoms with Gasteiger partial charge in [0.05, 0.1) is 24.3 Å². The quantitative estimate of drug-likeness (QED) is 0.393. The number of likely N-dealkylation sites (tertiary alicyclic amines) is 1. The van der Waals surface area contributed by atoms with Gasteiger partial charge >= 0.3 is 6.18 Å². The normalized spacial score (nSPS) is 15.9. The zero-order valence-electron chi connectivity index (χ0n) is 22.3. The van der Waals surface area contributed by atoms with Gasteiger partial charge < -0.3 is 24.4 Å². The number of nitrogens with zero attached hydrogens (tertiary/aromatic N) is 2. The number of alkyl halides is 3. The van der Waals surface area contributed by atoms with Gasteiger partial charge in [0.2, 0.25) is 0 Å². The molecule has 0 aromatic heterocycles. The molecule has 1 fully saturated rings. The number of carbonyl (C=O) groups excluding carboxylic acids is 2. The molecular weight excluding hydrogens is 537 g/mol. The molecule has 2 aromatic carbocycles. The van der Waals surface area contributed by atoms with Gasteiger partial charge in [-0.1, -0.05) is 30.2 Å². The molecule has 2 amide bonds. The van der Waals surface area contributed by atoms with Crippen LogP contribution in [-0.4, -0.2) is 73.8 Å². The lowest BCUT2D eigenvalue weighted by Gasteiger charge is -2.38. The third-order valence-electron chi connectivity index (χ3n) is 6.96. The van der Waals surface area contributed by atoms with Crippen molar-refractivity contribution in [1.29, 1.82) is 0 Å².